The number of hydrogen-bond acceptors (Lipinski definition) is 2. The molecule has 0 aromatic heterocycles. The Morgan fingerprint density at radius 1 is 1.20 bits per heavy atom. The van der Waals surface area contributed by atoms with E-state index in [9.17, 15) is 4.39 Å². The van der Waals surface area contributed by atoms with Crippen LogP contribution in [0.5, 0.6) is 5.75 Å². The van der Waals surface area contributed by atoms with Crippen molar-refractivity contribution in [1.29, 1.82) is 0 Å². The predicted molar refractivity (Wildman–Crippen MR) is 57.2 cm³/mol. The zero-order valence-corrected chi connectivity index (χ0v) is 8.75. The highest BCUT2D eigenvalue weighted by Gasteiger charge is 2.11. The SMILES string of the molecule is Oc1ccc(CN2CCCCC2)cc1F. The zero-order valence-electron chi connectivity index (χ0n) is 8.75. The molecule has 0 radical (unpaired) electrons. The largest absolute Gasteiger partial charge is 0.505 e. The lowest BCUT2D eigenvalue weighted by Crippen LogP contribution is -2.29. The van der Waals surface area contributed by atoms with Crippen LogP contribution in [0.4, 0.5) is 4.39 Å². The van der Waals surface area contributed by atoms with E-state index in [1.807, 2.05) is 0 Å². The zero-order chi connectivity index (χ0) is 10.7. The van der Waals surface area contributed by atoms with E-state index in [1.54, 1.807) is 6.07 Å². The fraction of sp³-hybridized carbons (Fsp3) is 0.500. The van der Waals surface area contributed by atoms with Crippen molar-refractivity contribution < 1.29 is 9.50 Å². The van der Waals surface area contributed by atoms with E-state index in [0.717, 1.165) is 25.2 Å². The first-order valence-electron chi connectivity index (χ1n) is 5.45. The summed E-state index contributed by atoms with van der Waals surface area (Å²) in [5, 5.41) is 9.06. The average molecular weight is 209 g/mol. The molecule has 3 heteroatoms. The fourth-order valence-electron chi connectivity index (χ4n) is 2.02. The van der Waals surface area contributed by atoms with Crippen molar-refractivity contribution in [2.45, 2.75) is 25.8 Å². The molecular weight excluding hydrogens is 193 g/mol. The molecule has 15 heavy (non-hydrogen) atoms. The van der Waals surface area contributed by atoms with Gasteiger partial charge in [-0.3, -0.25) is 4.90 Å². The quantitative estimate of drug-likeness (QED) is 0.809. The number of phenolic OH excluding ortho intramolecular Hbond substituents is 1. The van der Waals surface area contributed by atoms with Gasteiger partial charge in [-0.2, -0.15) is 0 Å². The molecular formula is C12H16FNO. The number of likely N-dealkylation sites (tertiary alicyclic amines) is 1. The molecule has 1 fully saturated rings. The third kappa shape index (κ3) is 2.69. The van der Waals surface area contributed by atoms with E-state index < -0.39 is 5.82 Å². The molecule has 0 bridgehead atoms. The van der Waals surface area contributed by atoms with Crippen LogP contribution in [0.25, 0.3) is 0 Å². The van der Waals surface area contributed by atoms with Crippen LogP contribution in [-0.4, -0.2) is 23.1 Å². The molecule has 1 aliphatic heterocycles. The maximum atomic E-state index is 13.1. The van der Waals surface area contributed by atoms with Crippen LogP contribution in [-0.2, 0) is 6.54 Å². The third-order valence-electron chi connectivity index (χ3n) is 2.87. The van der Waals surface area contributed by atoms with E-state index in [-0.39, 0.29) is 5.75 Å². The van der Waals surface area contributed by atoms with Crippen LogP contribution in [0, 0.1) is 5.82 Å². The molecule has 0 atom stereocenters. The molecule has 82 valence electrons. The van der Waals surface area contributed by atoms with Gasteiger partial charge in [-0.25, -0.2) is 4.39 Å². The second-order valence-corrected chi connectivity index (χ2v) is 4.12. The highest BCUT2D eigenvalue weighted by atomic mass is 19.1. The summed E-state index contributed by atoms with van der Waals surface area (Å²) in [5.74, 6) is -0.790. The Morgan fingerprint density at radius 2 is 1.93 bits per heavy atom. The number of rotatable bonds is 2. The molecule has 1 aliphatic rings. The van der Waals surface area contributed by atoms with Crippen molar-refractivity contribution in [2.24, 2.45) is 0 Å². The van der Waals surface area contributed by atoms with Crippen molar-refractivity contribution in [3.63, 3.8) is 0 Å². The third-order valence-corrected chi connectivity index (χ3v) is 2.87. The molecule has 0 spiro atoms. The summed E-state index contributed by atoms with van der Waals surface area (Å²) in [5.41, 5.74) is 0.937. The Bertz CT molecular complexity index is 334. The molecule has 1 aromatic carbocycles. The normalized spacial score (nSPS) is 17.9. The molecule has 0 amide bonds. The second kappa shape index (κ2) is 4.62. The number of halogens is 1. The lowest BCUT2D eigenvalue weighted by atomic mass is 10.1. The first-order chi connectivity index (χ1) is 7.25. The molecule has 1 N–H and O–H groups in total. The van der Waals surface area contributed by atoms with Gasteiger partial charge in [0.1, 0.15) is 0 Å². The number of nitrogens with zero attached hydrogens (tertiary/aromatic N) is 1. The smallest absolute Gasteiger partial charge is 0.165 e. The lowest BCUT2D eigenvalue weighted by Gasteiger charge is -2.26. The number of benzene rings is 1. The van der Waals surface area contributed by atoms with Crippen molar-refractivity contribution in [3.05, 3.63) is 29.6 Å². The monoisotopic (exact) mass is 209 g/mol. The number of aromatic hydroxyl groups is 1. The summed E-state index contributed by atoms with van der Waals surface area (Å²) in [6.45, 7) is 2.99. The standard InChI is InChI=1S/C12H16FNO/c13-11-8-10(4-5-12(11)15)9-14-6-2-1-3-7-14/h4-5,8,15H,1-3,6-7,9H2. The van der Waals surface area contributed by atoms with E-state index in [1.165, 1.54) is 31.4 Å². The minimum absolute atomic E-state index is 0.266. The second-order valence-electron chi connectivity index (χ2n) is 4.12. The first-order valence-corrected chi connectivity index (χ1v) is 5.45. The van der Waals surface area contributed by atoms with E-state index in [4.69, 9.17) is 5.11 Å². The summed E-state index contributed by atoms with van der Waals surface area (Å²) in [7, 11) is 0. The van der Waals surface area contributed by atoms with Crippen molar-refractivity contribution >= 4 is 0 Å². The van der Waals surface area contributed by atoms with Gasteiger partial charge in [0.05, 0.1) is 0 Å². The molecule has 1 saturated heterocycles. The highest BCUT2D eigenvalue weighted by molar-refractivity contribution is 5.27. The molecule has 1 heterocycles. The van der Waals surface area contributed by atoms with Crippen LogP contribution in [0.15, 0.2) is 18.2 Å². The number of phenols is 1. The van der Waals surface area contributed by atoms with Gasteiger partial charge in [-0.05, 0) is 43.6 Å². The van der Waals surface area contributed by atoms with Gasteiger partial charge < -0.3 is 5.11 Å². The Kier molecular flexibility index (Phi) is 3.21. The summed E-state index contributed by atoms with van der Waals surface area (Å²) in [6, 6.07) is 4.63. The van der Waals surface area contributed by atoms with Gasteiger partial charge in [0.2, 0.25) is 0 Å². The van der Waals surface area contributed by atoms with Crippen LogP contribution in [0.3, 0.4) is 0 Å². The average Bonchev–Trinajstić information content (AvgIpc) is 2.25. The van der Waals surface area contributed by atoms with E-state index in [2.05, 4.69) is 4.90 Å². The van der Waals surface area contributed by atoms with Gasteiger partial charge in [0, 0.05) is 6.54 Å². The van der Waals surface area contributed by atoms with Gasteiger partial charge in [0.25, 0.3) is 0 Å². The lowest BCUT2D eigenvalue weighted by molar-refractivity contribution is 0.220. The maximum Gasteiger partial charge on any atom is 0.165 e. The van der Waals surface area contributed by atoms with Gasteiger partial charge in [-0.1, -0.05) is 12.5 Å². The van der Waals surface area contributed by atoms with Gasteiger partial charge in [-0.15, -0.1) is 0 Å². The van der Waals surface area contributed by atoms with Crippen LogP contribution in [0.2, 0.25) is 0 Å². The highest BCUT2D eigenvalue weighted by Crippen LogP contribution is 2.18. The predicted octanol–water partition coefficient (Wildman–Crippen LogP) is 2.52. The molecule has 2 rings (SSSR count). The summed E-state index contributed by atoms with van der Waals surface area (Å²) in [4.78, 5) is 2.33. The van der Waals surface area contributed by atoms with Crippen LogP contribution < -0.4 is 0 Å². The fourth-order valence-corrected chi connectivity index (χ4v) is 2.02. The van der Waals surface area contributed by atoms with Crippen molar-refractivity contribution in [1.82, 2.24) is 4.90 Å². The summed E-state index contributed by atoms with van der Waals surface area (Å²) >= 11 is 0. The topological polar surface area (TPSA) is 23.5 Å². The summed E-state index contributed by atoms with van der Waals surface area (Å²) < 4.78 is 13.1. The minimum Gasteiger partial charge on any atom is -0.505 e. The Morgan fingerprint density at radius 3 is 2.60 bits per heavy atom. The molecule has 0 unspecified atom stereocenters. The van der Waals surface area contributed by atoms with Gasteiger partial charge in [0.15, 0.2) is 11.6 Å². The Labute approximate surface area is 89.3 Å². The molecule has 1 aromatic rings. The van der Waals surface area contributed by atoms with Crippen molar-refractivity contribution in [2.75, 3.05) is 13.1 Å². The molecule has 2 nitrogen and oxygen atoms in total. The van der Waals surface area contributed by atoms with Gasteiger partial charge >= 0.3 is 0 Å². The molecule has 0 saturated carbocycles. The number of hydrogen-bond donors (Lipinski definition) is 1. The van der Waals surface area contributed by atoms with E-state index >= 15 is 0 Å². The van der Waals surface area contributed by atoms with Crippen molar-refractivity contribution in [3.8, 4) is 5.75 Å². The first kappa shape index (κ1) is 10.4. The Balaban J connectivity index is 2.00. The molecule has 0 aliphatic carbocycles. The number of piperidine rings is 1. The minimum atomic E-state index is -0.524. The van der Waals surface area contributed by atoms with E-state index in [0.29, 0.717) is 0 Å². The summed E-state index contributed by atoms with van der Waals surface area (Å²) in [6.07, 6.45) is 3.78. The maximum absolute atomic E-state index is 13.1. The van der Waals surface area contributed by atoms with Crippen LogP contribution in [0.1, 0.15) is 24.8 Å². The Hall–Kier alpha value is -1.09. The van der Waals surface area contributed by atoms with Crippen LogP contribution >= 0.6 is 0 Å².